The fourth-order valence-corrected chi connectivity index (χ4v) is 3.20. The minimum absolute atomic E-state index is 0.0541. The van der Waals surface area contributed by atoms with E-state index in [0.717, 1.165) is 42.2 Å². The number of hydrogen-bond donors (Lipinski definition) is 0. The fraction of sp³-hybridized carbons (Fsp3) is 0.562. The molecular weight excluding hydrogens is 380 g/mol. The van der Waals surface area contributed by atoms with Crippen LogP contribution in [0.4, 0.5) is 5.82 Å². The van der Waals surface area contributed by atoms with Gasteiger partial charge in [0.15, 0.2) is 0 Å². The Labute approximate surface area is 146 Å². The first-order chi connectivity index (χ1) is 10.8. The molecule has 0 amide bonds. The van der Waals surface area contributed by atoms with Gasteiger partial charge in [-0.25, -0.2) is 4.98 Å². The second-order valence-electron chi connectivity index (χ2n) is 5.74. The van der Waals surface area contributed by atoms with E-state index in [-0.39, 0.29) is 6.61 Å². The molecule has 0 radical (unpaired) electrons. The van der Waals surface area contributed by atoms with Crippen LogP contribution in [-0.4, -0.2) is 39.4 Å². The zero-order valence-corrected chi connectivity index (χ0v) is 15.7. The summed E-state index contributed by atoms with van der Waals surface area (Å²) in [7, 11) is -1.32. The summed E-state index contributed by atoms with van der Waals surface area (Å²) < 4.78 is 27.3. The van der Waals surface area contributed by atoms with Crippen molar-refractivity contribution in [3.05, 3.63) is 22.8 Å². The summed E-state index contributed by atoms with van der Waals surface area (Å²) in [5, 5.41) is 0. The van der Waals surface area contributed by atoms with Gasteiger partial charge in [0.1, 0.15) is 12.4 Å². The number of halogens is 1. The van der Waals surface area contributed by atoms with Crippen LogP contribution >= 0.6 is 15.9 Å². The van der Waals surface area contributed by atoms with E-state index in [1.807, 2.05) is 18.3 Å². The number of rotatable bonds is 4. The molecular formula is C16H21BrN2O3S. The van der Waals surface area contributed by atoms with E-state index in [1.165, 1.54) is 0 Å². The molecule has 0 saturated heterocycles. The molecule has 5 nitrogen and oxygen atoms in total. The van der Waals surface area contributed by atoms with Gasteiger partial charge in [0.05, 0.1) is 6.26 Å². The van der Waals surface area contributed by atoms with Gasteiger partial charge >= 0.3 is 0 Å². The first-order valence-electron chi connectivity index (χ1n) is 7.52. The Hall–Kier alpha value is -1.10. The van der Waals surface area contributed by atoms with Crippen LogP contribution in [0.3, 0.4) is 0 Å². The molecule has 0 aromatic carbocycles. The van der Waals surface area contributed by atoms with Gasteiger partial charge in [0.25, 0.3) is 10.1 Å². The first kappa shape index (κ1) is 18.2. The summed E-state index contributed by atoms with van der Waals surface area (Å²) in [5.41, 5.74) is 0. The second kappa shape index (κ2) is 8.13. The van der Waals surface area contributed by atoms with Crippen molar-refractivity contribution >= 4 is 31.9 Å². The molecule has 1 aromatic heterocycles. The van der Waals surface area contributed by atoms with Gasteiger partial charge in [-0.3, -0.25) is 4.18 Å². The molecule has 0 spiro atoms. The highest BCUT2D eigenvalue weighted by Crippen LogP contribution is 2.28. The highest BCUT2D eigenvalue weighted by molar-refractivity contribution is 9.10. The van der Waals surface area contributed by atoms with Gasteiger partial charge in [-0.1, -0.05) is 11.8 Å². The molecule has 2 rings (SSSR count). The van der Waals surface area contributed by atoms with Crippen molar-refractivity contribution in [1.29, 1.82) is 0 Å². The maximum Gasteiger partial charge on any atom is 0.265 e. The molecule has 0 unspecified atom stereocenters. The Morgan fingerprint density at radius 1 is 1.35 bits per heavy atom. The summed E-state index contributed by atoms with van der Waals surface area (Å²) >= 11 is 3.40. The van der Waals surface area contributed by atoms with Crippen LogP contribution in [0.15, 0.2) is 22.8 Å². The van der Waals surface area contributed by atoms with Crippen molar-refractivity contribution in [1.82, 2.24) is 4.98 Å². The van der Waals surface area contributed by atoms with Crippen LogP contribution in [0.25, 0.3) is 0 Å². The number of nitrogens with zero attached hydrogens (tertiary/aromatic N) is 2. The molecule has 1 aliphatic carbocycles. The normalized spacial score (nSPS) is 21.3. The zero-order chi connectivity index (χ0) is 16.9. The highest BCUT2D eigenvalue weighted by Gasteiger charge is 2.23. The molecule has 1 aromatic rings. The van der Waals surface area contributed by atoms with E-state index in [2.05, 4.69) is 48.9 Å². The SMILES string of the molecule is CN(c1ccc(Br)cn1)C1CCC(C#CCOS(C)(=O)=O)CC1. The quantitative estimate of drug-likeness (QED) is 0.574. The fourth-order valence-electron chi connectivity index (χ4n) is 2.69. The van der Waals surface area contributed by atoms with Crippen LogP contribution in [-0.2, 0) is 14.3 Å². The van der Waals surface area contributed by atoms with Crippen molar-refractivity contribution < 1.29 is 12.6 Å². The lowest BCUT2D eigenvalue weighted by Gasteiger charge is -2.34. The summed E-state index contributed by atoms with van der Waals surface area (Å²) in [5.74, 6) is 7.23. The third-order valence-corrected chi connectivity index (χ3v) is 4.98. The molecule has 23 heavy (non-hydrogen) atoms. The van der Waals surface area contributed by atoms with Crippen LogP contribution in [0.2, 0.25) is 0 Å². The minimum atomic E-state index is -3.40. The van der Waals surface area contributed by atoms with E-state index in [0.29, 0.717) is 12.0 Å². The summed E-state index contributed by atoms with van der Waals surface area (Å²) in [6.07, 6.45) is 6.98. The van der Waals surface area contributed by atoms with Gasteiger partial charge < -0.3 is 4.90 Å². The third kappa shape index (κ3) is 6.13. The van der Waals surface area contributed by atoms with Crippen molar-refractivity contribution in [3.8, 4) is 11.8 Å². The molecule has 7 heteroatoms. The van der Waals surface area contributed by atoms with Gasteiger partial charge in [0.2, 0.25) is 0 Å². The van der Waals surface area contributed by atoms with E-state index >= 15 is 0 Å². The van der Waals surface area contributed by atoms with Gasteiger partial charge in [-0.05, 0) is 53.7 Å². The predicted molar refractivity (Wildman–Crippen MR) is 94.7 cm³/mol. The van der Waals surface area contributed by atoms with Gasteiger partial charge in [-0.15, -0.1) is 0 Å². The van der Waals surface area contributed by atoms with Gasteiger partial charge in [0, 0.05) is 29.7 Å². The Bertz CT molecular complexity index is 672. The van der Waals surface area contributed by atoms with Crippen LogP contribution in [0.1, 0.15) is 25.7 Å². The standard InChI is InChI=1S/C16H21BrN2O3S/c1-19(16-10-7-14(17)12-18-16)15-8-5-13(6-9-15)4-3-11-22-23(2,20)21/h7,10,12-13,15H,5-6,8-9,11H2,1-2H3. The van der Waals surface area contributed by atoms with Crippen LogP contribution in [0, 0.1) is 17.8 Å². The summed E-state index contributed by atoms with van der Waals surface area (Å²) in [6.45, 7) is -0.0541. The van der Waals surface area contributed by atoms with Crippen molar-refractivity contribution in [2.24, 2.45) is 5.92 Å². The highest BCUT2D eigenvalue weighted by atomic mass is 79.9. The summed E-state index contributed by atoms with van der Waals surface area (Å²) in [4.78, 5) is 6.66. The molecule has 1 fully saturated rings. The van der Waals surface area contributed by atoms with E-state index in [1.54, 1.807) is 0 Å². The Kier molecular flexibility index (Phi) is 6.45. The van der Waals surface area contributed by atoms with Crippen LogP contribution in [0.5, 0.6) is 0 Å². The van der Waals surface area contributed by atoms with Crippen molar-refractivity contribution in [2.45, 2.75) is 31.7 Å². The average molecular weight is 401 g/mol. The first-order valence-corrected chi connectivity index (χ1v) is 10.1. The Balaban J connectivity index is 1.81. The van der Waals surface area contributed by atoms with E-state index in [4.69, 9.17) is 0 Å². The lowest BCUT2D eigenvalue weighted by Crippen LogP contribution is -2.35. The lowest BCUT2D eigenvalue weighted by atomic mass is 9.86. The monoisotopic (exact) mass is 400 g/mol. The minimum Gasteiger partial charge on any atom is -0.357 e. The lowest BCUT2D eigenvalue weighted by molar-refractivity contribution is 0.362. The van der Waals surface area contributed by atoms with Crippen molar-refractivity contribution in [3.63, 3.8) is 0 Å². The topological polar surface area (TPSA) is 59.5 Å². The molecule has 0 N–H and O–H groups in total. The number of pyridine rings is 1. The maximum absolute atomic E-state index is 10.9. The molecule has 1 aliphatic rings. The van der Waals surface area contributed by atoms with Crippen LogP contribution < -0.4 is 4.90 Å². The van der Waals surface area contributed by atoms with Crippen molar-refractivity contribution in [2.75, 3.05) is 24.8 Å². The number of aromatic nitrogens is 1. The molecule has 0 aliphatic heterocycles. The van der Waals surface area contributed by atoms with E-state index in [9.17, 15) is 8.42 Å². The smallest absolute Gasteiger partial charge is 0.265 e. The maximum atomic E-state index is 10.9. The molecule has 0 bridgehead atoms. The van der Waals surface area contributed by atoms with E-state index < -0.39 is 10.1 Å². The Morgan fingerprint density at radius 3 is 2.61 bits per heavy atom. The average Bonchev–Trinajstić information content (AvgIpc) is 2.51. The number of hydrogen-bond acceptors (Lipinski definition) is 5. The Morgan fingerprint density at radius 2 is 2.04 bits per heavy atom. The second-order valence-corrected chi connectivity index (χ2v) is 8.30. The molecule has 1 heterocycles. The number of anilines is 1. The van der Waals surface area contributed by atoms with Gasteiger partial charge in [-0.2, -0.15) is 8.42 Å². The predicted octanol–water partition coefficient (Wildman–Crippen LogP) is 2.82. The molecule has 1 saturated carbocycles. The largest absolute Gasteiger partial charge is 0.357 e. The molecule has 0 atom stereocenters. The third-order valence-electron chi connectivity index (χ3n) is 3.97. The molecule has 126 valence electrons. The zero-order valence-electron chi connectivity index (χ0n) is 13.3. The summed E-state index contributed by atoms with van der Waals surface area (Å²) in [6, 6.07) is 4.48.